The Balaban J connectivity index is 1.57. The molecule has 0 aromatic heterocycles. The zero-order valence-corrected chi connectivity index (χ0v) is 26.9. The van der Waals surface area contributed by atoms with Crippen LogP contribution in [0.3, 0.4) is 0 Å². The van der Waals surface area contributed by atoms with Gasteiger partial charge in [-0.05, 0) is 53.6 Å². The van der Waals surface area contributed by atoms with Crippen molar-refractivity contribution in [3.05, 3.63) is 119 Å². The molecule has 51 heavy (non-hydrogen) atoms. The molecule has 1 amide bonds. The minimum atomic E-state index is -5.19. The van der Waals surface area contributed by atoms with E-state index in [4.69, 9.17) is 33.3 Å². The second-order valence-corrected chi connectivity index (χ2v) is 11.2. The van der Waals surface area contributed by atoms with Gasteiger partial charge in [-0.3, -0.25) is 9.63 Å². The van der Waals surface area contributed by atoms with Gasteiger partial charge < -0.3 is 28.4 Å². The van der Waals surface area contributed by atoms with Gasteiger partial charge in [0.1, 0.15) is 33.0 Å². The Morgan fingerprint density at radius 1 is 0.647 bits per heavy atom. The fourth-order valence-electron chi connectivity index (χ4n) is 4.89. The molecule has 0 radical (unpaired) electrons. The summed E-state index contributed by atoms with van der Waals surface area (Å²) in [6, 6.07) is 22.4. The zero-order chi connectivity index (χ0) is 36.3. The lowest BCUT2D eigenvalue weighted by Crippen LogP contribution is -2.45. The van der Waals surface area contributed by atoms with Gasteiger partial charge in [-0.15, -0.1) is 0 Å². The first kappa shape index (κ1) is 37.3. The van der Waals surface area contributed by atoms with Gasteiger partial charge in [-0.2, -0.15) is 26.3 Å². The summed E-state index contributed by atoms with van der Waals surface area (Å²) >= 11 is 0. The molecule has 0 saturated carbocycles. The van der Waals surface area contributed by atoms with E-state index in [-0.39, 0.29) is 62.1 Å². The number of benzene rings is 4. The number of alkyl halides is 6. The molecule has 1 aliphatic heterocycles. The van der Waals surface area contributed by atoms with E-state index >= 15 is 0 Å². The number of halogens is 6. The number of ether oxygens (including phenoxy) is 6. The number of amides is 1. The Morgan fingerprint density at radius 3 is 1.61 bits per heavy atom. The molecule has 4 aromatic carbocycles. The van der Waals surface area contributed by atoms with Crippen LogP contribution >= 0.6 is 0 Å². The first-order chi connectivity index (χ1) is 24.4. The fourth-order valence-corrected chi connectivity index (χ4v) is 4.89. The highest BCUT2D eigenvalue weighted by Crippen LogP contribution is 2.41. The summed E-state index contributed by atoms with van der Waals surface area (Å²) in [5, 5.41) is 0. The molecule has 0 unspecified atom stereocenters. The number of fused-ring (bicyclic) bond motifs is 2. The van der Waals surface area contributed by atoms with Crippen LogP contribution in [-0.2, 0) is 43.7 Å². The van der Waals surface area contributed by atoms with E-state index in [9.17, 15) is 31.1 Å². The first-order valence-corrected chi connectivity index (χ1v) is 15.6. The van der Waals surface area contributed by atoms with Gasteiger partial charge in [0.05, 0.1) is 30.9 Å². The van der Waals surface area contributed by atoms with Crippen molar-refractivity contribution in [1.29, 1.82) is 0 Å². The number of hydroxylamine groups is 1. The lowest BCUT2D eigenvalue weighted by atomic mass is 9.91. The van der Waals surface area contributed by atoms with E-state index in [1.165, 1.54) is 12.1 Å². The van der Waals surface area contributed by atoms with Gasteiger partial charge in [-0.25, -0.2) is 5.48 Å². The molecule has 15 heteroatoms. The number of carbonyl (C=O) groups is 1. The van der Waals surface area contributed by atoms with Gasteiger partial charge in [0, 0.05) is 0 Å². The van der Waals surface area contributed by atoms with Gasteiger partial charge in [0.25, 0.3) is 5.91 Å². The maximum Gasteiger partial charge on any atom is 0.416 e. The van der Waals surface area contributed by atoms with Crippen molar-refractivity contribution in [3.63, 3.8) is 0 Å². The van der Waals surface area contributed by atoms with E-state index in [1.807, 2.05) is 0 Å². The highest BCUT2D eigenvalue weighted by Gasteiger charge is 2.43. The summed E-state index contributed by atoms with van der Waals surface area (Å²) < 4.78 is 120. The molecule has 1 heterocycles. The second-order valence-electron chi connectivity index (χ2n) is 11.2. The number of hydrogen-bond acceptors (Lipinski definition) is 8. The zero-order valence-electron chi connectivity index (χ0n) is 26.9. The topological polar surface area (TPSA) is 93.7 Å². The average molecular weight is 722 g/mol. The van der Waals surface area contributed by atoms with Crippen molar-refractivity contribution in [2.45, 2.75) is 24.6 Å². The largest absolute Gasteiger partial charge is 0.487 e. The van der Waals surface area contributed by atoms with Crippen molar-refractivity contribution in [3.8, 4) is 23.0 Å². The molecular weight excluding hydrogens is 688 g/mol. The molecule has 4 aromatic rings. The Bertz CT molecular complexity index is 1650. The van der Waals surface area contributed by atoms with E-state index in [0.29, 0.717) is 17.7 Å². The highest BCUT2D eigenvalue weighted by molar-refractivity contribution is 5.76. The summed E-state index contributed by atoms with van der Waals surface area (Å²) in [5.74, 6) is -0.318. The van der Waals surface area contributed by atoms with E-state index < -0.39 is 60.4 Å². The molecule has 0 atom stereocenters. The summed E-state index contributed by atoms with van der Waals surface area (Å²) in [7, 11) is 0. The van der Waals surface area contributed by atoms with E-state index in [1.54, 1.807) is 66.7 Å². The lowest BCUT2D eigenvalue weighted by molar-refractivity contribution is -0.155. The second kappa shape index (κ2) is 16.8. The number of nitrogens with one attached hydrogen (secondary N) is 1. The van der Waals surface area contributed by atoms with Gasteiger partial charge in [-0.1, -0.05) is 54.6 Å². The molecule has 5 rings (SSSR count). The molecule has 1 N–H and O–H groups in total. The standard InChI is InChI=1S/C36H33F6NO8/c37-35(38,39)27-18-26(19-28(20-27)36(40,41)42)34(50-22-33(44)43-51-21-25-8-2-1-3-9-25)23-48-31-12-6-4-10-29(31)46-16-14-45-15-17-47-30-11-5-7-13-32(30)49-24-34/h1-13,18-20H,14-17,21-24H2,(H,43,44). The third-order valence-corrected chi connectivity index (χ3v) is 7.45. The first-order valence-electron chi connectivity index (χ1n) is 15.6. The molecule has 0 fully saturated rings. The maximum absolute atomic E-state index is 14.1. The molecular formula is C36H33F6NO8. The average Bonchev–Trinajstić information content (AvgIpc) is 3.11. The van der Waals surface area contributed by atoms with Gasteiger partial charge in [0.2, 0.25) is 0 Å². The summed E-state index contributed by atoms with van der Waals surface area (Å²) in [6.45, 7) is -1.95. The number of hydrogen-bond donors (Lipinski definition) is 1. The predicted octanol–water partition coefficient (Wildman–Crippen LogP) is 7.13. The van der Waals surface area contributed by atoms with Crippen LogP contribution in [-0.4, -0.2) is 52.2 Å². The Labute approximate surface area is 288 Å². The van der Waals surface area contributed by atoms with Crippen molar-refractivity contribution < 1.29 is 64.4 Å². The van der Waals surface area contributed by atoms with Crippen LogP contribution in [0.2, 0.25) is 0 Å². The van der Waals surface area contributed by atoms with Crippen molar-refractivity contribution in [2.24, 2.45) is 0 Å². The van der Waals surface area contributed by atoms with Crippen LogP contribution in [0.15, 0.2) is 97.1 Å². The minimum absolute atomic E-state index is 0.00701. The van der Waals surface area contributed by atoms with Gasteiger partial charge >= 0.3 is 12.4 Å². The third kappa shape index (κ3) is 10.5. The van der Waals surface area contributed by atoms with Crippen LogP contribution in [0.5, 0.6) is 23.0 Å². The fraction of sp³-hybridized carbons (Fsp3) is 0.306. The smallest absolute Gasteiger partial charge is 0.416 e. The highest BCUT2D eigenvalue weighted by atomic mass is 19.4. The van der Waals surface area contributed by atoms with E-state index in [0.717, 1.165) is 0 Å². The quantitative estimate of drug-likeness (QED) is 0.159. The molecule has 0 bridgehead atoms. The monoisotopic (exact) mass is 721 g/mol. The minimum Gasteiger partial charge on any atom is -0.487 e. The molecule has 0 spiro atoms. The number of carbonyl (C=O) groups excluding carboxylic acids is 1. The molecule has 0 aliphatic carbocycles. The Hall–Kier alpha value is -4.99. The summed E-state index contributed by atoms with van der Waals surface area (Å²) in [6.07, 6.45) is -10.4. The van der Waals surface area contributed by atoms with Crippen LogP contribution < -0.4 is 24.4 Å². The Morgan fingerprint density at radius 2 is 1.12 bits per heavy atom. The number of rotatable bonds is 7. The van der Waals surface area contributed by atoms with E-state index in [2.05, 4.69) is 5.48 Å². The van der Waals surface area contributed by atoms with Crippen LogP contribution in [0.4, 0.5) is 26.3 Å². The lowest BCUT2D eigenvalue weighted by Gasteiger charge is -2.35. The third-order valence-electron chi connectivity index (χ3n) is 7.45. The van der Waals surface area contributed by atoms with Crippen molar-refractivity contribution in [2.75, 3.05) is 46.2 Å². The Kier molecular flexibility index (Phi) is 12.3. The molecule has 0 saturated heterocycles. The molecule has 9 nitrogen and oxygen atoms in total. The molecule has 1 aliphatic rings. The summed E-state index contributed by atoms with van der Waals surface area (Å²) in [5.41, 5.74) is -3.24. The van der Waals surface area contributed by atoms with Crippen LogP contribution in [0.25, 0.3) is 0 Å². The number of para-hydroxylation sites is 4. The maximum atomic E-state index is 14.1. The SMILES string of the molecule is O=C(COC1(c2cc(C(F)(F)F)cc(C(F)(F)F)c2)COc2ccccc2OCCOCCOc2ccccc2OC1)NOCc1ccccc1. The van der Waals surface area contributed by atoms with Crippen LogP contribution in [0.1, 0.15) is 22.3 Å². The van der Waals surface area contributed by atoms with Crippen molar-refractivity contribution >= 4 is 5.91 Å². The van der Waals surface area contributed by atoms with Crippen LogP contribution in [0, 0.1) is 0 Å². The molecule has 272 valence electrons. The summed E-state index contributed by atoms with van der Waals surface area (Å²) in [4.78, 5) is 18.2. The van der Waals surface area contributed by atoms with Crippen molar-refractivity contribution in [1.82, 2.24) is 5.48 Å². The van der Waals surface area contributed by atoms with Gasteiger partial charge in [0.15, 0.2) is 28.6 Å². The predicted molar refractivity (Wildman–Crippen MR) is 169 cm³/mol. The normalized spacial score (nSPS) is 15.5.